The average Bonchev–Trinajstić information content (AvgIpc) is 2.65. The molecule has 0 aromatic heterocycles. The Labute approximate surface area is 244 Å². The summed E-state index contributed by atoms with van der Waals surface area (Å²) in [4.78, 5) is 0. The summed E-state index contributed by atoms with van der Waals surface area (Å²) in [7, 11) is 0. The Balaban J connectivity index is -0.0000000341. The van der Waals surface area contributed by atoms with Crippen LogP contribution in [0.5, 0.6) is 0 Å². The van der Waals surface area contributed by atoms with Gasteiger partial charge in [0.25, 0.3) is 0 Å². The number of hydrogen-bond acceptors (Lipinski definition) is 12. The van der Waals surface area contributed by atoms with Crippen molar-refractivity contribution in [2.75, 3.05) is 52.6 Å². The highest BCUT2D eigenvalue weighted by Gasteiger charge is 1.95. The van der Waals surface area contributed by atoms with Crippen molar-refractivity contribution >= 4 is 54.0 Å². The van der Waals surface area contributed by atoms with Crippen LogP contribution in [-0.4, -0.2) is 138 Å². The lowest BCUT2D eigenvalue weighted by Crippen LogP contribution is -2.15. The van der Waals surface area contributed by atoms with Gasteiger partial charge in [0.05, 0.1) is 74.5 Å². The predicted molar refractivity (Wildman–Crippen MR) is 149 cm³/mol. The summed E-state index contributed by atoms with van der Waals surface area (Å²) in [5, 5.41) is 100. The van der Waals surface area contributed by atoms with Crippen molar-refractivity contribution < 1.29 is 83.2 Å². The molecule has 16 heteroatoms. The van der Waals surface area contributed by atoms with Gasteiger partial charge in [-0.25, -0.2) is 0 Å². The molecule has 0 heterocycles. The lowest BCUT2D eigenvalue weighted by molar-refractivity contribution is 0.0450. The molecular formula is C16H56O12S4. The van der Waals surface area contributed by atoms with Gasteiger partial charge in [-0.1, -0.05) is 29.7 Å². The number of aliphatic hydroxyl groups is 12. The second-order valence-corrected chi connectivity index (χ2v) is 2.50. The Morgan fingerprint density at radius 3 is 0.500 bits per heavy atom. The zero-order valence-electron chi connectivity index (χ0n) is 29.7. The zero-order chi connectivity index (χ0) is 34.3. The summed E-state index contributed by atoms with van der Waals surface area (Å²) in [5.41, 5.74) is 0. The third-order valence-electron chi connectivity index (χ3n) is 0.947. The molecule has 0 amide bonds. The molecule has 0 aliphatic carbocycles. The van der Waals surface area contributed by atoms with Gasteiger partial charge in [0.2, 0.25) is 0 Å². The molecule has 0 saturated heterocycles. The second-order valence-electron chi connectivity index (χ2n) is 2.50. The first-order valence-corrected chi connectivity index (χ1v) is 4.98. The van der Waals surface area contributed by atoms with Gasteiger partial charge < -0.3 is 61.3 Å². The summed E-state index contributed by atoms with van der Waals surface area (Å²) in [6.45, 7) is -22.8. The Morgan fingerprint density at radius 1 is 0.406 bits per heavy atom. The lowest BCUT2D eigenvalue weighted by atomic mass is 11.0. The van der Waals surface area contributed by atoms with E-state index in [4.69, 9.17) is 83.2 Å². The van der Waals surface area contributed by atoms with Gasteiger partial charge in [-0.2, -0.15) is 54.0 Å². The minimum absolute atomic E-state index is 0. The fraction of sp³-hybridized carbons (Fsp3) is 1.00. The Kier molecular flexibility index (Phi) is 53.6. The molecule has 0 spiro atoms. The zero-order valence-corrected chi connectivity index (χ0v) is 17.7. The fourth-order valence-corrected chi connectivity index (χ4v) is 0.115. The molecule has 0 aliphatic heterocycles. The molecule has 8 atom stereocenters. The number of rotatable bonds is 8. The Morgan fingerprint density at radius 2 is 0.500 bits per heavy atom. The molecule has 0 saturated carbocycles. The molecular weight excluding hydrogens is 520 g/mol. The maximum absolute atomic E-state index is 8.53. The summed E-state index contributed by atoms with van der Waals surface area (Å²) in [6.07, 6.45) is -12.8. The van der Waals surface area contributed by atoms with Crippen LogP contribution in [0.4, 0.5) is 0 Å². The third kappa shape index (κ3) is 96.7. The van der Waals surface area contributed by atoms with E-state index in [0.29, 0.717) is 0 Å². The standard InChI is InChI=1S/4C3H8O3.4CH4.4H2S/c4*4-1-3(6)2-5;;;;;;;;/h4*3-6H,1-2H2;4*1H4;4*1H2/i4*1D2,2+1D,3+1D;;;;;;;;/t2*2-,3+;2*2-,3-;;;;;;;;/m1010......../s1. The predicted octanol–water partition coefficient (Wildman–Crippen LogP) is -3.68. The normalized spacial score (nSPS) is 27.9. The summed E-state index contributed by atoms with van der Waals surface area (Å²) in [6, 6.07) is 0. The van der Waals surface area contributed by atoms with Gasteiger partial charge in [-0.05, 0) is 0 Å². The molecule has 0 bridgehead atoms. The van der Waals surface area contributed by atoms with Gasteiger partial charge in [-0.15, -0.1) is 0 Å². The van der Waals surface area contributed by atoms with E-state index in [1.54, 1.807) is 0 Å². The highest BCUT2D eigenvalue weighted by atomic mass is 32.1. The van der Waals surface area contributed by atoms with E-state index >= 15 is 0 Å². The fourth-order valence-electron chi connectivity index (χ4n) is 0.115. The smallest absolute Gasteiger partial charge is 0.100 e. The highest BCUT2D eigenvalue weighted by molar-refractivity contribution is 7.59. The van der Waals surface area contributed by atoms with Crippen LogP contribution < -0.4 is 0 Å². The van der Waals surface area contributed by atoms with Crippen molar-refractivity contribution in [3.63, 3.8) is 0 Å². The Hall–Kier alpha value is 0.920. The largest absolute Gasteiger partial charge is 0.394 e. The quantitative estimate of drug-likeness (QED) is 0.122. The van der Waals surface area contributed by atoms with E-state index in [2.05, 4.69) is 0 Å². The van der Waals surface area contributed by atoms with Crippen molar-refractivity contribution in [1.29, 1.82) is 0 Å². The lowest BCUT2D eigenvalue weighted by Gasteiger charge is -1.96. The molecule has 0 unspecified atom stereocenters. The molecule has 32 heavy (non-hydrogen) atoms. The molecule has 12 N–H and O–H groups in total. The van der Waals surface area contributed by atoms with Crippen molar-refractivity contribution in [3.05, 3.63) is 0 Å². The van der Waals surface area contributed by atoms with Gasteiger partial charge in [0.15, 0.2) is 0 Å². The molecule has 12 nitrogen and oxygen atoms in total. The first kappa shape index (κ1) is 24.6. The van der Waals surface area contributed by atoms with Crippen LogP contribution in [0.1, 0.15) is 51.6 Å². The van der Waals surface area contributed by atoms with Crippen molar-refractivity contribution in [2.24, 2.45) is 0 Å². The van der Waals surface area contributed by atoms with Crippen molar-refractivity contribution in [1.82, 2.24) is 0 Å². The van der Waals surface area contributed by atoms with Crippen LogP contribution in [0.15, 0.2) is 0 Å². The van der Waals surface area contributed by atoms with Crippen molar-refractivity contribution in [2.45, 2.75) is 54.0 Å². The van der Waals surface area contributed by atoms with Crippen LogP contribution >= 0.6 is 54.0 Å². The van der Waals surface area contributed by atoms with Gasteiger partial charge in [-0.3, -0.25) is 0 Å². The van der Waals surface area contributed by atoms with Crippen LogP contribution in [0.3, 0.4) is 0 Å². The molecule has 0 radical (unpaired) electrons. The second kappa shape index (κ2) is 69.7. The van der Waals surface area contributed by atoms with E-state index in [9.17, 15) is 0 Å². The van der Waals surface area contributed by atoms with Crippen LogP contribution in [0.2, 0.25) is 0 Å². The first-order valence-electron chi connectivity index (χ1n) is 13.3. The van der Waals surface area contributed by atoms with E-state index in [0.717, 1.165) is 0 Å². The number of aliphatic hydroxyl groups excluding tert-OH is 4. The SMILES string of the molecule is C.C.C.C.S.S.S.S.[2H][13C@@H](O)[13C@@]([2H])(O)C([2H])([2H])O.[2H][13C@@H](O)[13C@]([2H])(O)C([2H])([2H])O.[2H][13C@H](O)[13C@@]([2H])(O)C([2H])([2H])O.[2H][13C@H](O)[13C@]([2H])(O)C([2H])([2H])O. The maximum atomic E-state index is 8.53. The summed E-state index contributed by atoms with van der Waals surface area (Å²) < 4.78 is 102. The minimum Gasteiger partial charge on any atom is -0.394 e. The molecule has 0 aromatic rings. The summed E-state index contributed by atoms with van der Waals surface area (Å²) >= 11 is 0. The third-order valence-corrected chi connectivity index (χ3v) is 0.947. The van der Waals surface area contributed by atoms with Gasteiger partial charge in [0.1, 0.15) is 24.3 Å². The molecule has 0 aliphatic rings. The van der Waals surface area contributed by atoms with E-state index in [-0.39, 0.29) is 83.7 Å². The molecule has 216 valence electrons. The van der Waals surface area contributed by atoms with Gasteiger partial charge >= 0.3 is 0 Å². The monoisotopic (exact) mass is 592 g/mol. The average molecular weight is 593 g/mol. The highest BCUT2D eigenvalue weighted by Crippen LogP contribution is 1.73. The van der Waals surface area contributed by atoms with Crippen LogP contribution in [-0.2, 0) is 0 Å². The first-order chi connectivity index (χ1) is 16.8. The minimum atomic E-state index is -3.30. The van der Waals surface area contributed by atoms with Crippen LogP contribution in [0, 0.1) is 0 Å². The van der Waals surface area contributed by atoms with E-state index in [1.807, 2.05) is 0 Å². The number of hydrogen-bond donors (Lipinski definition) is 12. The van der Waals surface area contributed by atoms with E-state index < -0.39 is 76.9 Å². The maximum Gasteiger partial charge on any atom is 0.100 e. The topological polar surface area (TPSA) is 243 Å². The van der Waals surface area contributed by atoms with Crippen LogP contribution in [0.25, 0.3) is 0 Å². The van der Waals surface area contributed by atoms with Gasteiger partial charge in [0, 0.05) is 0 Å². The molecule has 0 fully saturated rings. The van der Waals surface area contributed by atoms with Crippen molar-refractivity contribution in [3.8, 4) is 0 Å². The van der Waals surface area contributed by atoms with E-state index in [1.165, 1.54) is 0 Å². The summed E-state index contributed by atoms with van der Waals surface area (Å²) in [5.74, 6) is 0. The molecule has 0 aromatic carbocycles. The molecule has 0 rings (SSSR count). The Bertz CT molecular complexity index is 616.